The summed E-state index contributed by atoms with van der Waals surface area (Å²) in [5.74, 6) is 0.0179. The van der Waals surface area contributed by atoms with Gasteiger partial charge < -0.3 is 4.90 Å². The molecule has 0 aromatic heterocycles. The van der Waals surface area contributed by atoms with Gasteiger partial charge in [-0.05, 0) is 49.2 Å². The van der Waals surface area contributed by atoms with E-state index in [1.54, 1.807) is 11.9 Å². The topological polar surface area (TPSA) is 20.3 Å². The molecule has 2 rings (SSSR count). The number of aryl methyl sites for hydroxylation is 2. The van der Waals surface area contributed by atoms with Crippen LogP contribution in [0.1, 0.15) is 21.5 Å². The molecule has 2 aromatic rings. The first-order chi connectivity index (χ1) is 8.59. The van der Waals surface area contributed by atoms with Gasteiger partial charge in [-0.3, -0.25) is 4.79 Å². The van der Waals surface area contributed by atoms with Crippen molar-refractivity contribution in [2.75, 3.05) is 11.9 Å². The fraction of sp³-hybridized carbons (Fsp3) is 0.188. The highest BCUT2D eigenvalue weighted by molar-refractivity contribution is 6.05. The molecule has 0 aliphatic carbocycles. The third-order valence-electron chi connectivity index (χ3n) is 3.20. The number of anilines is 1. The normalized spacial score (nSPS) is 10.2. The van der Waals surface area contributed by atoms with Gasteiger partial charge in [0.1, 0.15) is 0 Å². The Morgan fingerprint density at radius 1 is 0.944 bits per heavy atom. The van der Waals surface area contributed by atoms with Crippen LogP contribution in [0.15, 0.2) is 48.5 Å². The van der Waals surface area contributed by atoms with E-state index in [4.69, 9.17) is 0 Å². The van der Waals surface area contributed by atoms with Crippen molar-refractivity contribution in [2.24, 2.45) is 0 Å². The number of rotatable bonds is 2. The van der Waals surface area contributed by atoms with Crippen molar-refractivity contribution in [3.8, 4) is 0 Å². The molecule has 0 atom stereocenters. The van der Waals surface area contributed by atoms with E-state index >= 15 is 0 Å². The third kappa shape index (κ3) is 2.43. The van der Waals surface area contributed by atoms with Crippen molar-refractivity contribution in [2.45, 2.75) is 13.8 Å². The Balaban J connectivity index is 2.29. The van der Waals surface area contributed by atoms with Crippen LogP contribution >= 0.6 is 0 Å². The average Bonchev–Trinajstić information content (AvgIpc) is 2.41. The minimum absolute atomic E-state index is 0.0179. The van der Waals surface area contributed by atoms with E-state index < -0.39 is 0 Å². The molecule has 0 saturated carbocycles. The van der Waals surface area contributed by atoms with Crippen LogP contribution in [0.3, 0.4) is 0 Å². The second kappa shape index (κ2) is 5.05. The summed E-state index contributed by atoms with van der Waals surface area (Å²) in [7, 11) is 1.80. The molecule has 0 bridgehead atoms. The molecule has 0 spiro atoms. The summed E-state index contributed by atoms with van der Waals surface area (Å²) in [4.78, 5) is 14.0. The van der Waals surface area contributed by atoms with Crippen LogP contribution < -0.4 is 4.90 Å². The van der Waals surface area contributed by atoms with E-state index in [1.807, 2.05) is 62.4 Å². The van der Waals surface area contributed by atoms with Crippen molar-refractivity contribution in [1.29, 1.82) is 0 Å². The van der Waals surface area contributed by atoms with Crippen LogP contribution in [-0.2, 0) is 0 Å². The molecule has 18 heavy (non-hydrogen) atoms. The lowest BCUT2D eigenvalue weighted by Crippen LogP contribution is -2.26. The quantitative estimate of drug-likeness (QED) is 0.784. The second-order valence-corrected chi connectivity index (χ2v) is 4.50. The minimum Gasteiger partial charge on any atom is -0.311 e. The first-order valence-electron chi connectivity index (χ1n) is 6.00. The molecule has 0 aliphatic rings. The Labute approximate surface area is 108 Å². The van der Waals surface area contributed by atoms with Crippen molar-refractivity contribution in [3.05, 3.63) is 65.2 Å². The summed E-state index contributed by atoms with van der Waals surface area (Å²) in [6.07, 6.45) is 0. The van der Waals surface area contributed by atoms with Gasteiger partial charge >= 0.3 is 0 Å². The van der Waals surface area contributed by atoms with Gasteiger partial charge in [0.15, 0.2) is 0 Å². The highest BCUT2D eigenvalue weighted by atomic mass is 16.2. The molecule has 0 N–H and O–H groups in total. The lowest BCUT2D eigenvalue weighted by molar-refractivity contribution is 0.0993. The lowest BCUT2D eigenvalue weighted by atomic mass is 10.1. The predicted molar refractivity (Wildman–Crippen MR) is 75.1 cm³/mol. The zero-order valence-corrected chi connectivity index (χ0v) is 11.0. The van der Waals surface area contributed by atoms with Crippen LogP contribution in [-0.4, -0.2) is 13.0 Å². The van der Waals surface area contributed by atoms with Gasteiger partial charge in [0.2, 0.25) is 0 Å². The maximum Gasteiger partial charge on any atom is 0.258 e. The molecular weight excluding hydrogens is 222 g/mol. The number of amides is 1. The number of carbonyl (C=O) groups is 1. The summed E-state index contributed by atoms with van der Waals surface area (Å²) < 4.78 is 0. The van der Waals surface area contributed by atoms with Crippen LogP contribution in [0.2, 0.25) is 0 Å². The molecule has 0 radical (unpaired) electrons. The predicted octanol–water partition coefficient (Wildman–Crippen LogP) is 3.58. The summed E-state index contributed by atoms with van der Waals surface area (Å²) >= 11 is 0. The average molecular weight is 239 g/mol. The molecule has 92 valence electrons. The summed E-state index contributed by atoms with van der Waals surface area (Å²) in [5, 5.41) is 0. The van der Waals surface area contributed by atoms with Gasteiger partial charge in [-0.25, -0.2) is 0 Å². The first-order valence-corrected chi connectivity index (χ1v) is 6.00. The third-order valence-corrected chi connectivity index (χ3v) is 3.20. The molecule has 0 saturated heterocycles. The van der Waals surface area contributed by atoms with Crippen LogP contribution in [0, 0.1) is 13.8 Å². The fourth-order valence-corrected chi connectivity index (χ4v) is 1.84. The van der Waals surface area contributed by atoms with Crippen molar-refractivity contribution in [3.63, 3.8) is 0 Å². The summed E-state index contributed by atoms with van der Waals surface area (Å²) in [5.41, 5.74) is 3.97. The van der Waals surface area contributed by atoms with Gasteiger partial charge in [0.05, 0.1) is 0 Å². The zero-order chi connectivity index (χ0) is 13.1. The van der Waals surface area contributed by atoms with Crippen LogP contribution in [0.5, 0.6) is 0 Å². The highest BCUT2D eigenvalue weighted by Gasteiger charge is 2.13. The monoisotopic (exact) mass is 239 g/mol. The van der Waals surface area contributed by atoms with Crippen molar-refractivity contribution < 1.29 is 4.79 Å². The molecule has 0 heterocycles. The Hall–Kier alpha value is -2.09. The highest BCUT2D eigenvalue weighted by Crippen LogP contribution is 2.16. The van der Waals surface area contributed by atoms with Crippen LogP contribution in [0.4, 0.5) is 5.69 Å². The Bertz CT molecular complexity index is 561. The fourth-order valence-electron chi connectivity index (χ4n) is 1.84. The molecule has 0 aliphatic heterocycles. The van der Waals surface area contributed by atoms with Gasteiger partial charge in [-0.2, -0.15) is 0 Å². The molecule has 0 unspecified atom stereocenters. The molecule has 2 aromatic carbocycles. The first kappa shape index (κ1) is 12.4. The standard InChI is InChI=1S/C16H17NO/c1-12-9-10-14(11-13(12)2)16(18)17(3)15-7-5-4-6-8-15/h4-11H,1-3H3. The van der Waals surface area contributed by atoms with E-state index in [9.17, 15) is 4.79 Å². The Morgan fingerprint density at radius 3 is 2.22 bits per heavy atom. The summed E-state index contributed by atoms with van der Waals surface area (Å²) in [6.45, 7) is 4.07. The van der Waals surface area contributed by atoms with Crippen molar-refractivity contribution >= 4 is 11.6 Å². The SMILES string of the molecule is Cc1ccc(C(=O)N(C)c2ccccc2)cc1C. The van der Waals surface area contributed by atoms with Gasteiger partial charge in [-0.1, -0.05) is 24.3 Å². The Kier molecular flexibility index (Phi) is 3.47. The Morgan fingerprint density at radius 2 is 1.61 bits per heavy atom. The summed E-state index contributed by atoms with van der Waals surface area (Å²) in [6, 6.07) is 15.5. The maximum atomic E-state index is 12.3. The smallest absolute Gasteiger partial charge is 0.258 e. The number of nitrogens with zero attached hydrogens (tertiary/aromatic N) is 1. The minimum atomic E-state index is 0.0179. The molecule has 2 heteroatoms. The van der Waals surface area contributed by atoms with Crippen molar-refractivity contribution in [1.82, 2.24) is 0 Å². The zero-order valence-electron chi connectivity index (χ0n) is 11.0. The number of para-hydroxylation sites is 1. The number of hydrogen-bond acceptors (Lipinski definition) is 1. The second-order valence-electron chi connectivity index (χ2n) is 4.50. The van der Waals surface area contributed by atoms with Gasteiger partial charge in [0, 0.05) is 18.3 Å². The van der Waals surface area contributed by atoms with Crippen LogP contribution in [0.25, 0.3) is 0 Å². The number of hydrogen-bond donors (Lipinski definition) is 0. The maximum absolute atomic E-state index is 12.3. The van der Waals surface area contributed by atoms with Gasteiger partial charge in [-0.15, -0.1) is 0 Å². The van der Waals surface area contributed by atoms with E-state index in [0.717, 1.165) is 16.8 Å². The van der Waals surface area contributed by atoms with E-state index in [-0.39, 0.29) is 5.91 Å². The molecular formula is C16H17NO. The van der Waals surface area contributed by atoms with Gasteiger partial charge in [0.25, 0.3) is 5.91 Å². The molecule has 2 nitrogen and oxygen atoms in total. The van der Waals surface area contributed by atoms with E-state index in [2.05, 4.69) is 0 Å². The van der Waals surface area contributed by atoms with E-state index in [0.29, 0.717) is 0 Å². The number of benzene rings is 2. The largest absolute Gasteiger partial charge is 0.311 e. The lowest BCUT2D eigenvalue weighted by Gasteiger charge is -2.17. The molecule has 0 fully saturated rings. The molecule has 1 amide bonds. The number of carbonyl (C=O) groups excluding carboxylic acids is 1. The van der Waals surface area contributed by atoms with E-state index in [1.165, 1.54) is 5.56 Å².